The van der Waals surface area contributed by atoms with E-state index < -0.39 is 0 Å². The third-order valence-electron chi connectivity index (χ3n) is 2.83. The maximum Gasteiger partial charge on any atom is 0.118 e. The molecule has 1 unspecified atom stereocenters. The number of hydrogen-bond donors (Lipinski definition) is 1. The van der Waals surface area contributed by atoms with Crippen molar-refractivity contribution in [1.82, 2.24) is 5.32 Å². The third kappa shape index (κ3) is 6.08. The van der Waals surface area contributed by atoms with Crippen LogP contribution < -0.4 is 10.1 Å². The Labute approximate surface area is 113 Å². The van der Waals surface area contributed by atoms with E-state index in [1.807, 2.05) is 12.1 Å². The Morgan fingerprint density at radius 1 is 1.24 bits per heavy atom. The molecule has 1 N–H and O–H groups in total. The third-order valence-corrected chi connectivity index (χ3v) is 3.93. The lowest BCUT2D eigenvalue weighted by Crippen LogP contribution is -2.20. The van der Waals surface area contributed by atoms with Crippen LogP contribution in [0.4, 0.5) is 0 Å². The molecule has 1 atom stereocenters. The molecule has 0 aliphatic heterocycles. The van der Waals surface area contributed by atoms with Crippen LogP contribution in [0.15, 0.2) is 24.3 Å². The van der Waals surface area contributed by atoms with Gasteiger partial charge in [0.05, 0.1) is 7.11 Å². The molecule has 1 rings (SSSR count). The Hall–Kier alpha value is -0.540. The minimum absolute atomic E-state index is 0.649. The normalized spacial score (nSPS) is 12.4. The van der Waals surface area contributed by atoms with Crippen LogP contribution >= 0.6 is 15.9 Å². The van der Waals surface area contributed by atoms with E-state index in [0.717, 1.165) is 25.3 Å². The molecule has 0 amide bonds. The molecule has 0 aromatic heterocycles. The summed E-state index contributed by atoms with van der Waals surface area (Å²) in [6, 6.07) is 8.28. The summed E-state index contributed by atoms with van der Waals surface area (Å²) in [6.45, 7) is 4.33. The van der Waals surface area contributed by atoms with Gasteiger partial charge >= 0.3 is 0 Å². The van der Waals surface area contributed by atoms with Gasteiger partial charge in [0.25, 0.3) is 0 Å². The van der Waals surface area contributed by atoms with Crippen LogP contribution in [0.1, 0.15) is 25.3 Å². The molecular weight excluding hydrogens is 278 g/mol. The maximum atomic E-state index is 5.13. The predicted molar refractivity (Wildman–Crippen MR) is 77.2 cm³/mol. The second-order valence-electron chi connectivity index (χ2n) is 4.14. The van der Waals surface area contributed by atoms with Crippen molar-refractivity contribution in [2.24, 2.45) is 0 Å². The first-order valence-corrected chi connectivity index (χ1v) is 7.15. The molecule has 1 aromatic rings. The second kappa shape index (κ2) is 8.54. The number of nitrogens with one attached hydrogen (secondary N) is 1. The molecule has 0 heterocycles. The molecule has 17 heavy (non-hydrogen) atoms. The van der Waals surface area contributed by atoms with Crippen LogP contribution in [-0.4, -0.2) is 25.0 Å². The standard InChI is InChI=1S/C14H22BrNO/c1-3-13(15)9-11-16-10-8-12-4-6-14(17-2)7-5-12/h4-7,13,16H,3,8-11H2,1-2H3. The zero-order valence-electron chi connectivity index (χ0n) is 10.7. The average Bonchev–Trinajstić information content (AvgIpc) is 2.38. The van der Waals surface area contributed by atoms with Gasteiger partial charge in [0, 0.05) is 4.83 Å². The molecule has 1 aromatic carbocycles. The average molecular weight is 300 g/mol. The number of methoxy groups -OCH3 is 1. The second-order valence-corrected chi connectivity index (χ2v) is 5.44. The van der Waals surface area contributed by atoms with Crippen molar-refractivity contribution in [2.75, 3.05) is 20.2 Å². The smallest absolute Gasteiger partial charge is 0.118 e. The zero-order chi connectivity index (χ0) is 12.5. The molecule has 3 heteroatoms. The van der Waals surface area contributed by atoms with Gasteiger partial charge in [0.2, 0.25) is 0 Å². The molecule has 0 spiro atoms. The van der Waals surface area contributed by atoms with E-state index in [-0.39, 0.29) is 0 Å². The van der Waals surface area contributed by atoms with Crippen molar-refractivity contribution in [3.8, 4) is 5.75 Å². The Kier molecular flexibility index (Phi) is 7.29. The van der Waals surface area contributed by atoms with E-state index in [9.17, 15) is 0 Å². The number of benzene rings is 1. The largest absolute Gasteiger partial charge is 0.497 e. The van der Waals surface area contributed by atoms with E-state index in [0.29, 0.717) is 4.83 Å². The van der Waals surface area contributed by atoms with Crippen molar-refractivity contribution in [2.45, 2.75) is 31.0 Å². The molecule has 96 valence electrons. The SMILES string of the molecule is CCC(Br)CCNCCc1ccc(OC)cc1. The van der Waals surface area contributed by atoms with Gasteiger partial charge in [0.15, 0.2) is 0 Å². The van der Waals surface area contributed by atoms with E-state index in [1.165, 1.54) is 18.4 Å². The van der Waals surface area contributed by atoms with E-state index >= 15 is 0 Å². The minimum atomic E-state index is 0.649. The highest BCUT2D eigenvalue weighted by Gasteiger charge is 1.99. The fraction of sp³-hybridized carbons (Fsp3) is 0.571. The summed E-state index contributed by atoms with van der Waals surface area (Å²) >= 11 is 3.64. The zero-order valence-corrected chi connectivity index (χ0v) is 12.3. The predicted octanol–water partition coefficient (Wildman–Crippen LogP) is 3.39. The van der Waals surface area contributed by atoms with Crippen LogP contribution in [0, 0.1) is 0 Å². The molecular formula is C14H22BrNO. The highest BCUT2D eigenvalue weighted by atomic mass is 79.9. The van der Waals surface area contributed by atoms with Crippen molar-refractivity contribution in [1.29, 1.82) is 0 Å². The summed E-state index contributed by atoms with van der Waals surface area (Å²) in [5.74, 6) is 0.923. The number of rotatable bonds is 8. The number of hydrogen-bond acceptors (Lipinski definition) is 2. The first kappa shape index (κ1) is 14.5. The first-order chi connectivity index (χ1) is 8.26. The van der Waals surface area contributed by atoms with Crippen molar-refractivity contribution < 1.29 is 4.74 Å². The van der Waals surface area contributed by atoms with Gasteiger partial charge < -0.3 is 10.1 Å². The highest BCUT2D eigenvalue weighted by molar-refractivity contribution is 9.09. The summed E-state index contributed by atoms with van der Waals surface area (Å²) in [5, 5.41) is 3.47. The van der Waals surface area contributed by atoms with E-state index in [2.05, 4.69) is 40.3 Å². The molecule has 0 bridgehead atoms. The Morgan fingerprint density at radius 2 is 1.94 bits per heavy atom. The van der Waals surface area contributed by atoms with Crippen LogP contribution in [0.3, 0.4) is 0 Å². The lowest BCUT2D eigenvalue weighted by Gasteiger charge is -2.08. The lowest BCUT2D eigenvalue weighted by molar-refractivity contribution is 0.414. The Morgan fingerprint density at radius 3 is 2.53 bits per heavy atom. The van der Waals surface area contributed by atoms with Gasteiger partial charge in [-0.3, -0.25) is 0 Å². The molecule has 2 nitrogen and oxygen atoms in total. The molecule has 0 saturated carbocycles. The van der Waals surface area contributed by atoms with Gasteiger partial charge in [-0.15, -0.1) is 0 Å². The number of alkyl halides is 1. The summed E-state index contributed by atoms with van der Waals surface area (Å²) in [5.41, 5.74) is 1.35. The summed E-state index contributed by atoms with van der Waals surface area (Å²) in [7, 11) is 1.70. The van der Waals surface area contributed by atoms with Gasteiger partial charge in [0.1, 0.15) is 5.75 Å². The van der Waals surface area contributed by atoms with Gasteiger partial charge in [-0.05, 0) is 50.0 Å². The lowest BCUT2D eigenvalue weighted by atomic mass is 10.1. The van der Waals surface area contributed by atoms with Crippen molar-refractivity contribution in [3.05, 3.63) is 29.8 Å². The fourth-order valence-electron chi connectivity index (χ4n) is 1.61. The van der Waals surface area contributed by atoms with Crippen LogP contribution in [-0.2, 0) is 6.42 Å². The van der Waals surface area contributed by atoms with Crippen LogP contribution in [0.5, 0.6) is 5.75 Å². The highest BCUT2D eigenvalue weighted by Crippen LogP contribution is 2.11. The van der Waals surface area contributed by atoms with Crippen LogP contribution in [0.25, 0.3) is 0 Å². The van der Waals surface area contributed by atoms with Gasteiger partial charge in [-0.25, -0.2) is 0 Å². The topological polar surface area (TPSA) is 21.3 Å². The molecule has 0 aliphatic carbocycles. The van der Waals surface area contributed by atoms with E-state index in [1.54, 1.807) is 7.11 Å². The minimum Gasteiger partial charge on any atom is -0.497 e. The van der Waals surface area contributed by atoms with Crippen molar-refractivity contribution in [3.63, 3.8) is 0 Å². The molecule has 0 aliphatic rings. The Balaban J connectivity index is 2.13. The molecule has 0 fully saturated rings. The molecule has 0 saturated heterocycles. The Bertz CT molecular complexity index is 300. The van der Waals surface area contributed by atoms with Crippen LogP contribution in [0.2, 0.25) is 0 Å². The number of ether oxygens (including phenoxy) is 1. The van der Waals surface area contributed by atoms with Gasteiger partial charge in [-0.2, -0.15) is 0 Å². The van der Waals surface area contributed by atoms with Crippen molar-refractivity contribution >= 4 is 15.9 Å². The summed E-state index contributed by atoms with van der Waals surface area (Å²) in [6.07, 6.45) is 3.46. The summed E-state index contributed by atoms with van der Waals surface area (Å²) in [4.78, 5) is 0.649. The molecule has 0 radical (unpaired) electrons. The summed E-state index contributed by atoms with van der Waals surface area (Å²) < 4.78 is 5.13. The number of halogens is 1. The maximum absolute atomic E-state index is 5.13. The first-order valence-electron chi connectivity index (χ1n) is 6.24. The monoisotopic (exact) mass is 299 g/mol. The van der Waals surface area contributed by atoms with Gasteiger partial charge in [-0.1, -0.05) is 35.0 Å². The van der Waals surface area contributed by atoms with E-state index in [4.69, 9.17) is 4.74 Å². The fourth-order valence-corrected chi connectivity index (χ4v) is 1.84. The quantitative estimate of drug-likeness (QED) is 0.587.